The Morgan fingerprint density at radius 3 is 2.79 bits per heavy atom. The van der Waals surface area contributed by atoms with Gasteiger partial charge in [-0.15, -0.1) is 0 Å². The Morgan fingerprint density at radius 2 is 2.16 bits per heavy atom. The van der Waals surface area contributed by atoms with Gasteiger partial charge in [0, 0.05) is 19.2 Å². The van der Waals surface area contributed by atoms with Gasteiger partial charge in [-0.05, 0) is 56.4 Å². The zero-order valence-corrected chi connectivity index (χ0v) is 12.8. The summed E-state index contributed by atoms with van der Waals surface area (Å²) in [6.45, 7) is 3.47. The van der Waals surface area contributed by atoms with Crippen LogP contribution >= 0.6 is 27.3 Å². The van der Waals surface area contributed by atoms with Crippen molar-refractivity contribution in [1.29, 1.82) is 0 Å². The highest BCUT2D eigenvalue weighted by molar-refractivity contribution is 9.10. The minimum Gasteiger partial charge on any atom is -0.309 e. The molecule has 0 atom stereocenters. The SMILES string of the molecule is Cc1cscc1CNCc1ccc(Br)c([N+](=O)[O-])c1. The van der Waals surface area contributed by atoms with Gasteiger partial charge in [-0.1, -0.05) is 6.07 Å². The molecule has 4 nitrogen and oxygen atoms in total. The summed E-state index contributed by atoms with van der Waals surface area (Å²) in [4.78, 5) is 10.5. The van der Waals surface area contributed by atoms with Crippen LogP contribution in [0.1, 0.15) is 16.7 Å². The maximum Gasteiger partial charge on any atom is 0.283 e. The lowest BCUT2D eigenvalue weighted by Crippen LogP contribution is -2.12. The van der Waals surface area contributed by atoms with Gasteiger partial charge < -0.3 is 5.32 Å². The molecular formula is C13H13BrN2O2S. The fourth-order valence-corrected chi connectivity index (χ4v) is 2.97. The third-order valence-corrected chi connectivity index (χ3v) is 4.39. The number of nitro benzene ring substituents is 1. The van der Waals surface area contributed by atoms with Crippen LogP contribution in [0.25, 0.3) is 0 Å². The number of thiophene rings is 1. The lowest BCUT2D eigenvalue weighted by atomic mass is 10.2. The summed E-state index contributed by atoms with van der Waals surface area (Å²) in [6, 6.07) is 5.19. The molecule has 0 radical (unpaired) electrons. The Balaban J connectivity index is 1.98. The second-order valence-electron chi connectivity index (χ2n) is 4.23. The van der Waals surface area contributed by atoms with Gasteiger partial charge in [-0.2, -0.15) is 11.3 Å². The first-order chi connectivity index (χ1) is 9.08. The van der Waals surface area contributed by atoms with E-state index < -0.39 is 0 Å². The van der Waals surface area contributed by atoms with E-state index in [1.54, 1.807) is 23.5 Å². The van der Waals surface area contributed by atoms with Crippen molar-refractivity contribution in [2.45, 2.75) is 20.0 Å². The zero-order valence-electron chi connectivity index (χ0n) is 10.4. The molecule has 0 bridgehead atoms. The second kappa shape index (κ2) is 6.27. The molecule has 1 heterocycles. The van der Waals surface area contributed by atoms with E-state index in [-0.39, 0.29) is 10.6 Å². The molecule has 0 aliphatic rings. The summed E-state index contributed by atoms with van der Waals surface area (Å²) in [5, 5.41) is 18.4. The Morgan fingerprint density at radius 1 is 1.37 bits per heavy atom. The molecule has 0 aliphatic heterocycles. The topological polar surface area (TPSA) is 55.2 Å². The van der Waals surface area contributed by atoms with Gasteiger partial charge in [0.15, 0.2) is 0 Å². The van der Waals surface area contributed by atoms with E-state index in [1.807, 2.05) is 6.07 Å². The zero-order chi connectivity index (χ0) is 13.8. The molecule has 100 valence electrons. The van der Waals surface area contributed by atoms with Gasteiger partial charge in [0.2, 0.25) is 0 Å². The first kappa shape index (κ1) is 14.2. The number of aryl methyl sites for hydroxylation is 1. The fourth-order valence-electron chi connectivity index (χ4n) is 1.72. The molecule has 0 saturated heterocycles. The number of hydrogen-bond donors (Lipinski definition) is 1. The van der Waals surface area contributed by atoms with Gasteiger partial charge in [-0.3, -0.25) is 10.1 Å². The van der Waals surface area contributed by atoms with Crippen LogP contribution in [-0.4, -0.2) is 4.92 Å². The van der Waals surface area contributed by atoms with Crippen LogP contribution in [-0.2, 0) is 13.1 Å². The van der Waals surface area contributed by atoms with Gasteiger partial charge in [-0.25, -0.2) is 0 Å². The summed E-state index contributed by atoms with van der Waals surface area (Å²) in [6.07, 6.45) is 0. The summed E-state index contributed by atoms with van der Waals surface area (Å²) < 4.78 is 0.509. The van der Waals surface area contributed by atoms with Crippen molar-refractivity contribution >= 4 is 33.0 Å². The lowest BCUT2D eigenvalue weighted by molar-refractivity contribution is -0.385. The summed E-state index contributed by atoms with van der Waals surface area (Å²) in [5.41, 5.74) is 3.56. The number of nitrogens with one attached hydrogen (secondary N) is 1. The molecule has 6 heteroatoms. The van der Waals surface area contributed by atoms with Crippen molar-refractivity contribution in [1.82, 2.24) is 5.32 Å². The van der Waals surface area contributed by atoms with Crippen LogP contribution in [0.15, 0.2) is 33.4 Å². The third kappa shape index (κ3) is 3.62. The van der Waals surface area contributed by atoms with Crippen LogP contribution < -0.4 is 5.32 Å². The summed E-state index contributed by atoms with van der Waals surface area (Å²) in [7, 11) is 0. The van der Waals surface area contributed by atoms with E-state index in [0.29, 0.717) is 11.0 Å². The molecule has 1 aromatic carbocycles. The maximum atomic E-state index is 10.8. The van der Waals surface area contributed by atoms with Crippen molar-refractivity contribution in [2.75, 3.05) is 0 Å². The minimum absolute atomic E-state index is 0.103. The van der Waals surface area contributed by atoms with E-state index in [9.17, 15) is 10.1 Å². The molecule has 0 spiro atoms. The maximum absolute atomic E-state index is 10.8. The van der Waals surface area contributed by atoms with Gasteiger partial charge in [0.1, 0.15) is 0 Å². The highest BCUT2D eigenvalue weighted by Crippen LogP contribution is 2.25. The predicted octanol–water partition coefficient (Wildman–Crippen LogP) is 4.02. The van der Waals surface area contributed by atoms with E-state index in [4.69, 9.17) is 0 Å². The number of nitro groups is 1. The standard InChI is InChI=1S/C13H13BrN2O2S/c1-9-7-19-8-11(9)6-15-5-10-2-3-12(14)13(4-10)16(17)18/h2-4,7-8,15H,5-6H2,1H3. The fraction of sp³-hybridized carbons (Fsp3) is 0.231. The lowest BCUT2D eigenvalue weighted by Gasteiger charge is -2.05. The van der Waals surface area contributed by atoms with Crippen LogP contribution in [0.5, 0.6) is 0 Å². The van der Waals surface area contributed by atoms with Crippen molar-refractivity contribution in [3.8, 4) is 0 Å². The van der Waals surface area contributed by atoms with E-state index in [1.165, 1.54) is 11.1 Å². The molecule has 0 amide bonds. The molecule has 0 aliphatic carbocycles. The number of halogens is 1. The number of nitrogens with zero attached hydrogens (tertiary/aromatic N) is 1. The largest absolute Gasteiger partial charge is 0.309 e. The molecule has 2 rings (SSSR count). The van der Waals surface area contributed by atoms with Crippen molar-refractivity contribution in [3.63, 3.8) is 0 Å². The molecular weight excluding hydrogens is 328 g/mol. The van der Waals surface area contributed by atoms with Crippen LogP contribution in [0, 0.1) is 17.0 Å². The summed E-state index contributed by atoms with van der Waals surface area (Å²) in [5.74, 6) is 0. The van der Waals surface area contributed by atoms with Gasteiger partial charge >= 0.3 is 0 Å². The average molecular weight is 341 g/mol. The predicted molar refractivity (Wildman–Crippen MR) is 80.4 cm³/mol. The molecule has 2 aromatic rings. The van der Waals surface area contributed by atoms with Crippen molar-refractivity contribution in [2.24, 2.45) is 0 Å². The molecule has 0 unspecified atom stereocenters. The Kier molecular flexibility index (Phi) is 4.68. The first-order valence-corrected chi connectivity index (χ1v) is 7.46. The average Bonchev–Trinajstić information content (AvgIpc) is 2.77. The number of rotatable bonds is 5. The van der Waals surface area contributed by atoms with Gasteiger partial charge in [0.05, 0.1) is 9.40 Å². The smallest absolute Gasteiger partial charge is 0.283 e. The van der Waals surface area contributed by atoms with Gasteiger partial charge in [0.25, 0.3) is 5.69 Å². The molecule has 1 N–H and O–H groups in total. The molecule has 19 heavy (non-hydrogen) atoms. The number of benzene rings is 1. The van der Waals surface area contributed by atoms with Crippen LogP contribution in [0.2, 0.25) is 0 Å². The Hall–Kier alpha value is -1.24. The Bertz CT molecular complexity index is 598. The van der Waals surface area contributed by atoms with E-state index >= 15 is 0 Å². The highest BCUT2D eigenvalue weighted by Gasteiger charge is 2.12. The molecule has 0 fully saturated rings. The third-order valence-electron chi connectivity index (χ3n) is 2.81. The summed E-state index contributed by atoms with van der Waals surface area (Å²) >= 11 is 4.86. The van der Waals surface area contributed by atoms with E-state index in [0.717, 1.165) is 12.1 Å². The van der Waals surface area contributed by atoms with Crippen molar-refractivity contribution < 1.29 is 4.92 Å². The normalized spacial score (nSPS) is 10.6. The van der Waals surface area contributed by atoms with Crippen LogP contribution in [0.3, 0.4) is 0 Å². The monoisotopic (exact) mass is 340 g/mol. The molecule has 1 aromatic heterocycles. The number of hydrogen-bond acceptors (Lipinski definition) is 4. The molecule has 0 saturated carbocycles. The first-order valence-electron chi connectivity index (χ1n) is 5.73. The highest BCUT2D eigenvalue weighted by atomic mass is 79.9. The Labute approximate surface area is 123 Å². The minimum atomic E-state index is -0.378. The quantitative estimate of drug-likeness (QED) is 0.660. The second-order valence-corrected chi connectivity index (χ2v) is 5.82. The van der Waals surface area contributed by atoms with E-state index in [2.05, 4.69) is 38.9 Å². The van der Waals surface area contributed by atoms with Crippen LogP contribution in [0.4, 0.5) is 5.69 Å². The van der Waals surface area contributed by atoms with Crippen molar-refractivity contribution in [3.05, 3.63) is 60.2 Å².